The lowest BCUT2D eigenvalue weighted by molar-refractivity contribution is -0.122. The van der Waals surface area contributed by atoms with Gasteiger partial charge in [-0.15, -0.1) is 29.8 Å². The van der Waals surface area contributed by atoms with Gasteiger partial charge in [0.25, 0.3) is 0 Å². The second kappa shape index (κ2) is 31.5. The zero-order valence-corrected chi connectivity index (χ0v) is 40.7. The number of H-pyrrole nitrogens is 1. The Kier molecular flexibility index (Phi) is 26.3. The minimum atomic E-state index is -0.552. The first-order valence-electron chi connectivity index (χ1n) is 22.3. The van der Waals surface area contributed by atoms with E-state index >= 15 is 0 Å². The predicted octanol–water partition coefficient (Wildman–Crippen LogP) is 8.68. The summed E-state index contributed by atoms with van der Waals surface area (Å²) >= 11 is 0. The van der Waals surface area contributed by atoms with Gasteiger partial charge in [-0.05, 0) is 96.2 Å². The van der Waals surface area contributed by atoms with Crippen LogP contribution in [-0.2, 0) is 40.1 Å². The number of imidazole rings is 2. The van der Waals surface area contributed by atoms with E-state index in [1.54, 1.807) is 17.1 Å². The van der Waals surface area contributed by atoms with Crippen LogP contribution in [0.3, 0.4) is 0 Å². The first-order chi connectivity index (χ1) is 32.1. The van der Waals surface area contributed by atoms with Crippen LogP contribution < -0.4 is 22.1 Å². The molecule has 0 saturated carbocycles. The summed E-state index contributed by atoms with van der Waals surface area (Å²) in [5.74, 6) is 2.89. The number of hydrogen-bond acceptors (Lipinski definition) is 11. The van der Waals surface area contributed by atoms with Crippen molar-refractivity contribution in [1.29, 1.82) is 0 Å². The maximum Gasteiger partial charge on any atom is 0.421 e. The molecule has 0 bridgehead atoms. The number of terminal acetylenes is 1. The minimum Gasteiger partial charge on any atom is -0.443 e. The van der Waals surface area contributed by atoms with Crippen molar-refractivity contribution >= 4 is 54.4 Å². The molecule has 68 heavy (non-hydrogen) atoms. The van der Waals surface area contributed by atoms with Gasteiger partial charge in [0.15, 0.2) is 5.95 Å². The van der Waals surface area contributed by atoms with E-state index in [4.69, 9.17) is 28.2 Å². The van der Waals surface area contributed by atoms with Gasteiger partial charge in [-0.1, -0.05) is 107 Å². The molecule has 364 valence electrons. The van der Waals surface area contributed by atoms with Crippen molar-refractivity contribution < 1.29 is 19.1 Å². The molecular formula is C49H67ClN14O4. The fourth-order valence-corrected chi connectivity index (χ4v) is 6.17. The van der Waals surface area contributed by atoms with Crippen molar-refractivity contribution in [1.82, 2.24) is 45.1 Å². The number of nitrogens with two attached hydrogens (primary N) is 2. The summed E-state index contributed by atoms with van der Waals surface area (Å²) in [7, 11) is 0. The van der Waals surface area contributed by atoms with Gasteiger partial charge in [0.05, 0.1) is 17.6 Å². The van der Waals surface area contributed by atoms with E-state index in [2.05, 4.69) is 57.9 Å². The van der Waals surface area contributed by atoms with Crippen molar-refractivity contribution in [2.45, 2.75) is 111 Å². The molecule has 0 aliphatic heterocycles. The predicted molar refractivity (Wildman–Crippen MR) is 271 cm³/mol. The molecule has 0 aliphatic rings. The van der Waals surface area contributed by atoms with E-state index in [0.29, 0.717) is 19.0 Å². The molecule has 5 aromatic rings. The van der Waals surface area contributed by atoms with Gasteiger partial charge in [-0.3, -0.25) is 9.59 Å². The number of halogens is 1. The molecule has 0 unspecified atom stereocenters. The van der Waals surface area contributed by atoms with Crippen LogP contribution in [0, 0.1) is 12.3 Å². The lowest BCUT2D eigenvalue weighted by Gasteiger charge is -2.19. The van der Waals surface area contributed by atoms with Gasteiger partial charge in [-0.25, -0.2) is 24.0 Å². The van der Waals surface area contributed by atoms with Gasteiger partial charge >= 0.3 is 6.09 Å². The Labute approximate surface area is 405 Å². The smallest absolute Gasteiger partial charge is 0.421 e. The maximum absolute atomic E-state index is 12.2. The monoisotopic (exact) mass is 951 g/mol. The largest absolute Gasteiger partial charge is 0.443 e. The highest BCUT2D eigenvalue weighted by Crippen LogP contribution is 2.15. The molecule has 2 amide bonds. The average molecular weight is 952 g/mol. The van der Waals surface area contributed by atoms with E-state index in [1.807, 2.05) is 108 Å². The summed E-state index contributed by atoms with van der Waals surface area (Å²) in [5.41, 5.74) is 25.9. The molecule has 3 heterocycles. The Morgan fingerprint density at radius 2 is 1.43 bits per heavy atom. The van der Waals surface area contributed by atoms with Gasteiger partial charge in [0, 0.05) is 42.5 Å². The van der Waals surface area contributed by atoms with Crippen molar-refractivity contribution in [3.8, 4) is 12.3 Å². The van der Waals surface area contributed by atoms with Crippen LogP contribution in [0.25, 0.3) is 22.6 Å². The number of ether oxygens (including phenoxy) is 1. The molecule has 0 spiro atoms. The Morgan fingerprint density at radius 3 is 1.99 bits per heavy atom. The van der Waals surface area contributed by atoms with Crippen LogP contribution in [0.1, 0.15) is 108 Å². The Morgan fingerprint density at radius 1 is 0.853 bits per heavy atom. The van der Waals surface area contributed by atoms with Gasteiger partial charge in [0.2, 0.25) is 17.8 Å². The molecule has 2 aromatic carbocycles. The number of benzene rings is 2. The number of carbonyl (C=O) groups excluding carboxylic acids is 3. The molecule has 0 saturated heterocycles. The SMILES string of the molecule is C#CCCCCCc1cn(C(=O)OC(C)(C)C)c(N)n1.C/C(=C\c1ccccc1)CNC(=O)CN=[N+]=[N-].C/C(=C\c1ccccc1)CNC(=O)Cn1cc(CCCCCc2cnc(N)[nH]2)nn1.Cl. The van der Waals surface area contributed by atoms with E-state index in [0.717, 1.165) is 104 Å². The van der Waals surface area contributed by atoms with Gasteiger partial charge in [0.1, 0.15) is 18.7 Å². The van der Waals surface area contributed by atoms with Crippen LogP contribution in [0.4, 0.5) is 16.7 Å². The molecule has 7 N–H and O–H groups in total. The topological polar surface area (TPSA) is 263 Å². The number of nitrogens with zero attached hydrogens (tertiary/aromatic N) is 9. The van der Waals surface area contributed by atoms with Crippen molar-refractivity contribution in [3.63, 3.8) is 0 Å². The van der Waals surface area contributed by atoms with Gasteiger partial charge < -0.3 is 31.8 Å². The number of aromatic nitrogens is 7. The molecule has 0 aliphatic carbocycles. The summed E-state index contributed by atoms with van der Waals surface area (Å²) in [5, 5.41) is 17.0. The van der Waals surface area contributed by atoms with Crippen molar-refractivity contribution in [3.05, 3.63) is 129 Å². The number of rotatable bonds is 21. The Hall–Kier alpha value is -7.35. The highest BCUT2D eigenvalue weighted by Gasteiger charge is 2.20. The summed E-state index contributed by atoms with van der Waals surface area (Å²) < 4.78 is 8.10. The number of aromatic amines is 1. The standard InChI is InChI=1S/C22H29N7O.C15H23N3O2.C12H14N4O.ClH/c1-17(12-18-8-4-2-5-9-18)13-24-21(30)16-29-15-20(27-28-29)11-7-3-6-10-19-14-25-22(23)26-19;1-5-6-7-8-9-10-12-11-18(13(16)17-12)14(19)20-15(2,3)4;1-10(7-11-5-3-2-4-6-11)8-14-12(17)9-15-16-13;/h2,4-5,8-9,12,14-15H,3,6-7,10-11,13,16H2,1H3,(H,24,30)(H3,23,25,26);1,11H,6-10H2,2-4H3,(H2,16,17);2-7H,8-9H2,1H3,(H,14,17);1H/b17-12+;;10-7+;. The number of anilines is 2. The van der Waals surface area contributed by atoms with Gasteiger partial charge in [-0.2, -0.15) is 0 Å². The van der Waals surface area contributed by atoms with E-state index in [-0.39, 0.29) is 43.3 Å². The summed E-state index contributed by atoms with van der Waals surface area (Å²) in [6, 6.07) is 19.9. The molecule has 5 rings (SSSR count). The normalized spacial score (nSPS) is 11.0. The number of amides is 2. The highest BCUT2D eigenvalue weighted by atomic mass is 35.5. The first-order valence-corrected chi connectivity index (χ1v) is 22.3. The second-order valence-electron chi connectivity index (χ2n) is 16.7. The van der Waals surface area contributed by atoms with E-state index < -0.39 is 11.7 Å². The first kappa shape index (κ1) is 56.8. The zero-order valence-electron chi connectivity index (χ0n) is 39.9. The zero-order chi connectivity index (χ0) is 48.9. The number of carbonyl (C=O) groups is 3. The quantitative estimate of drug-likeness (QED) is 0.0154. The highest BCUT2D eigenvalue weighted by molar-refractivity contribution is 5.85. The van der Waals surface area contributed by atoms with Crippen molar-refractivity contribution in [2.75, 3.05) is 31.1 Å². The molecule has 3 aromatic heterocycles. The molecule has 19 heteroatoms. The van der Waals surface area contributed by atoms with Crippen LogP contribution >= 0.6 is 12.4 Å². The minimum absolute atomic E-state index is 0. The third kappa shape index (κ3) is 24.8. The second-order valence-corrected chi connectivity index (χ2v) is 16.7. The van der Waals surface area contributed by atoms with Crippen LogP contribution in [-0.4, -0.2) is 77.7 Å². The fourth-order valence-electron chi connectivity index (χ4n) is 6.17. The molecule has 0 atom stereocenters. The van der Waals surface area contributed by atoms with Crippen molar-refractivity contribution in [2.24, 2.45) is 5.11 Å². The molecule has 0 radical (unpaired) electrons. The lowest BCUT2D eigenvalue weighted by atomic mass is 10.1. The number of nitrogen functional groups attached to an aromatic ring is 2. The number of unbranched alkanes of at least 4 members (excludes halogenated alkanes) is 5. The lowest BCUT2D eigenvalue weighted by Crippen LogP contribution is -2.29. The van der Waals surface area contributed by atoms with Crippen LogP contribution in [0.2, 0.25) is 0 Å². The Balaban J connectivity index is 0.000000366. The summed E-state index contributed by atoms with van der Waals surface area (Å²) in [6.45, 7) is 10.3. The third-order valence-electron chi connectivity index (χ3n) is 9.38. The van der Waals surface area contributed by atoms with Crippen LogP contribution in [0.5, 0.6) is 0 Å². The van der Waals surface area contributed by atoms with Crippen LogP contribution in [0.15, 0.2) is 95.5 Å². The third-order valence-corrected chi connectivity index (χ3v) is 9.38. The average Bonchev–Trinajstić information content (AvgIpc) is 4.03. The Bertz CT molecular complexity index is 2420. The van der Waals surface area contributed by atoms with E-state index in [9.17, 15) is 14.4 Å². The molecule has 18 nitrogen and oxygen atoms in total. The number of aryl methyl sites for hydroxylation is 3. The maximum atomic E-state index is 12.2. The number of nitrogens with one attached hydrogen (secondary N) is 3. The number of azide groups is 1. The fraction of sp³-hybridized carbons (Fsp3) is 0.408. The molecule has 0 fully saturated rings. The summed E-state index contributed by atoms with van der Waals surface area (Å²) in [6.07, 6.45) is 23.6. The van der Waals surface area contributed by atoms with E-state index in [1.165, 1.54) is 4.57 Å². The number of hydrogen-bond donors (Lipinski definition) is 5. The summed E-state index contributed by atoms with van der Waals surface area (Å²) in [4.78, 5) is 49.0. The molecular weight excluding hydrogens is 884 g/mol.